The minimum Gasteiger partial charge on any atom is -0.507 e. The monoisotopic (exact) mass is 317 g/mol. The highest BCUT2D eigenvalue weighted by Crippen LogP contribution is 2.21. The van der Waals surface area contributed by atoms with E-state index in [0.29, 0.717) is 0 Å². The first-order valence-corrected chi connectivity index (χ1v) is 7.75. The maximum atomic E-state index is 12.3. The predicted octanol–water partition coefficient (Wildman–Crippen LogP) is 1.04. The zero-order valence-electron chi connectivity index (χ0n) is 12.0. The predicted molar refractivity (Wildman–Crippen MR) is 75.9 cm³/mol. The number of hydrogen-bond donors (Lipinski definition) is 3. The molecule has 0 radical (unpaired) electrons. The van der Waals surface area contributed by atoms with Crippen LogP contribution in [0.15, 0.2) is 23.1 Å². The lowest BCUT2D eigenvalue weighted by Gasteiger charge is -2.21. The number of benzene rings is 1. The number of sulfonamides is 1. The van der Waals surface area contributed by atoms with Gasteiger partial charge in [0.25, 0.3) is 0 Å². The van der Waals surface area contributed by atoms with Crippen LogP contribution >= 0.6 is 0 Å². The van der Waals surface area contributed by atoms with Gasteiger partial charge in [0.05, 0.1) is 11.5 Å². The summed E-state index contributed by atoms with van der Waals surface area (Å²) >= 11 is 0. The summed E-state index contributed by atoms with van der Waals surface area (Å²) in [7, 11) is -2.44. The molecule has 21 heavy (non-hydrogen) atoms. The molecule has 1 aromatic carbocycles. The molecule has 1 rings (SSSR count). The molecule has 0 heterocycles. The highest BCUT2D eigenvalue weighted by molar-refractivity contribution is 7.89. The molecule has 0 fully saturated rings. The van der Waals surface area contributed by atoms with Crippen molar-refractivity contribution in [2.24, 2.45) is 5.92 Å². The van der Waals surface area contributed by atoms with Crippen molar-refractivity contribution in [2.75, 3.05) is 13.7 Å². The number of aromatic carboxylic acids is 1. The van der Waals surface area contributed by atoms with Crippen molar-refractivity contribution in [1.82, 2.24) is 4.72 Å². The van der Waals surface area contributed by atoms with Crippen LogP contribution in [0.2, 0.25) is 0 Å². The van der Waals surface area contributed by atoms with Crippen molar-refractivity contribution >= 4 is 16.0 Å². The van der Waals surface area contributed by atoms with Crippen LogP contribution in [0.1, 0.15) is 24.2 Å². The third kappa shape index (κ3) is 4.42. The second-order valence-corrected chi connectivity index (χ2v) is 6.63. The van der Waals surface area contributed by atoms with Crippen LogP contribution in [0.3, 0.4) is 0 Å². The third-order valence-electron chi connectivity index (χ3n) is 2.97. The fraction of sp³-hybridized carbons (Fsp3) is 0.462. The lowest BCUT2D eigenvalue weighted by atomic mass is 10.1. The Morgan fingerprint density at radius 1 is 1.38 bits per heavy atom. The number of carboxylic acids is 1. The van der Waals surface area contributed by atoms with E-state index in [4.69, 9.17) is 9.84 Å². The van der Waals surface area contributed by atoms with Crippen LogP contribution in [-0.4, -0.2) is 44.4 Å². The fourth-order valence-corrected chi connectivity index (χ4v) is 3.06. The Labute approximate surface area is 123 Å². The number of rotatable bonds is 7. The molecule has 7 nitrogen and oxygen atoms in total. The Bertz CT molecular complexity index is 611. The standard InChI is InChI=1S/C13H19NO6S/c1-8(2)11(7-20-3)14-21(18,19)9-4-5-12(15)10(6-9)13(16)17/h4-6,8,11,14-15H,7H2,1-3H3,(H,16,17). The summed E-state index contributed by atoms with van der Waals surface area (Å²) in [5.74, 6) is -1.89. The van der Waals surface area contributed by atoms with Gasteiger partial charge in [-0.1, -0.05) is 13.8 Å². The molecule has 1 atom stereocenters. The molecular weight excluding hydrogens is 298 g/mol. The molecule has 0 saturated heterocycles. The van der Waals surface area contributed by atoms with E-state index in [1.807, 2.05) is 13.8 Å². The number of nitrogens with one attached hydrogen (secondary N) is 1. The van der Waals surface area contributed by atoms with Crippen molar-refractivity contribution in [1.29, 1.82) is 0 Å². The number of hydrogen-bond acceptors (Lipinski definition) is 5. The van der Waals surface area contributed by atoms with Gasteiger partial charge in [-0.15, -0.1) is 0 Å². The van der Waals surface area contributed by atoms with E-state index >= 15 is 0 Å². The van der Waals surface area contributed by atoms with Gasteiger partial charge in [0.15, 0.2) is 0 Å². The van der Waals surface area contributed by atoms with Crippen molar-refractivity contribution < 1.29 is 28.2 Å². The van der Waals surface area contributed by atoms with E-state index in [-0.39, 0.29) is 17.4 Å². The number of carboxylic acid groups (broad SMARTS) is 1. The Balaban J connectivity index is 3.13. The molecule has 0 aliphatic heterocycles. The lowest BCUT2D eigenvalue weighted by Crippen LogP contribution is -2.41. The molecule has 118 valence electrons. The molecular formula is C13H19NO6S. The molecule has 1 unspecified atom stereocenters. The van der Waals surface area contributed by atoms with Crippen LogP contribution in [0.5, 0.6) is 5.75 Å². The van der Waals surface area contributed by atoms with E-state index in [1.54, 1.807) is 0 Å². The average molecular weight is 317 g/mol. The molecule has 0 saturated carbocycles. The first-order chi connectivity index (χ1) is 9.69. The molecule has 0 spiro atoms. The van der Waals surface area contributed by atoms with Crippen LogP contribution < -0.4 is 4.72 Å². The molecule has 1 aromatic rings. The largest absolute Gasteiger partial charge is 0.507 e. The molecule has 3 N–H and O–H groups in total. The topological polar surface area (TPSA) is 113 Å². The summed E-state index contributed by atoms with van der Waals surface area (Å²) in [5, 5.41) is 18.3. The van der Waals surface area contributed by atoms with E-state index < -0.39 is 33.3 Å². The zero-order valence-corrected chi connectivity index (χ0v) is 12.8. The first kappa shape index (κ1) is 17.4. The summed E-state index contributed by atoms with van der Waals surface area (Å²) in [6.07, 6.45) is 0. The highest BCUT2D eigenvalue weighted by atomic mass is 32.2. The van der Waals surface area contributed by atoms with Gasteiger partial charge < -0.3 is 14.9 Å². The first-order valence-electron chi connectivity index (χ1n) is 6.26. The molecule has 0 bridgehead atoms. The van der Waals surface area contributed by atoms with Crippen molar-refractivity contribution in [3.8, 4) is 5.75 Å². The Morgan fingerprint density at radius 2 is 2.00 bits per heavy atom. The highest BCUT2D eigenvalue weighted by Gasteiger charge is 2.24. The van der Waals surface area contributed by atoms with E-state index in [1.165, 1.54) is 7.11 Å². The Hall–Kier alpha value is -1.64. The molecule has 0 aliphatic rings. The fourth-order valence-electron chi connectivity index (χ4n) is 1.66. The Morgan fingerprint density at radius 3 is 2.48 bits per heavy atom. The second-order valence-electron chi connectivity index (χ2n) is 4.91. The minimum atomic E-state index is -3.90. The normalized spacial score (nSPS) is 13.3. The Kier molecular flexibility index (Phi) is 5.70. The van der Waals surface area contributed by atoms with E-state index in [0.717, 1.165) is 18.2 Å². The summed E-state index contributed by atoms with van der Waals surface area (Å²) in [5.41, 5.74) is -0.467. The van der Waals surface area contributed by atoms with Crippen molar-refractivity contribution in [2.45, 2.75) is 24.8 Å². The summed E-state index contributed by atoms with van der Waals surface area (Å²) in [4.78, 5) is 10.7. The number of aromatic hydroxyl groups is 1. The maximum absolute atomic E-state index is 12.3. The molecule has 0 amide bonds. The van der Waals surface area contributed by atoms with Crippen LogP contribution in [0.4, 0.5) is 0 Å². The molecule has 0 aliphatic carbocycles. The zero-order chi connectivity index (χ0) is 16.2. The number of phenols is 1. The van der Waals surface area contributed by atoms with Gasteiger partial charge in [0.2, 0.25) is 10.0 Å². The average Bonchev–Trinajstić information content (AvgIpc) is 2.37. The van der Waals surface area contributed by atoms with Gasteiger partial charge >= 0.3 is 5.97 Å². The van der Waals surface area contributed by atoms with Crippen molar-refractivity contribution in [3.63, 3.8) is 0 Å². The van der Waals surface area contributed by atoms with E-state index in [9.17, 15) is 18.3 Å². The number of ether oxygens (including phenoxy) is 1. The summed E-state index contributed by atoms with van der Waals surface area (Å²) in [6, 6.07) is 2.67. The van der Waals surface area contributed by atoms with Gasteiger partial charge in [0.1, 0.15) is 11.3 Å². The smallest absolute Gasteiger partial charge is 0.339 e. The van der Waals surface area contributed by atoms with E-state index in [2.05, 4.69) is 4.72 Å². The van der Waals surface area contributed by atoms with Gasteiger partial charge in [-0.3, -0.25) is 0 Å². The van der Waals surface area contributed by atoms with Gasteiger partial charge in [-0.25, -0.2) is 17.9 Å². The number of methoxy groups -OCH3 is 1. The summed E-state index contributed by atoms with van der Waals surface area (Å²) < 4.78 is 32.0. The molecule has 0 aromatic heterocycles. The van der Waals surface area contributed by atoms with Crippen LogP contribution in [-0.2, 0) is 14.8 Å². The van der Waals surface area contributed by atoms with Crippen LogP contribution in [0, 0.1) is 5.92 Å². The third-order valence-corrected chi connectivity index (χ3v) is 4.45. The van der Waals surface area contributed by atoms with Gasteiger partial charge in [0, 0.05) is 13.2 Å². The maximum Gasteiger partial charge on any atom is 0.339 e. The number of carbonyl (C=O) groups is 1. The quantitative estimate of drug-likeness (QED) is 0.692. The SMILES string of the molecule is COCC(NS(=O)(=O)c1ccc(O)c(C(=O)O)c1)C(C)C. The van der Waals surface area contributed by atoms with Crippen LogP contribution in [0.25, 0.3) is 0 Å². The lowest BCUT2D eigenvalue weighted by molar-refractivity contribution is 0.0693. The molecule has 8 heteroatoms. The van der Waals surface area contributed by atoms with Gasteiger partial charge in [-0.2, -0.15) is 0 Å². The second kappa shape index (κ2) is 6.88. The minimum absolute atomic E-state index is 0.00390. The van der Waals surface area contributed by atoms with Gasteiger partial charge in [-0.05, 0) is 24.1 Å². The summed E-state index contributed by atoms with van der Waals surface area (Å²) in [6.45, 7) is 3.87. The van der Waals surface area contributed by atoms with Crippen molar-refractivity contribution in [3.05, 3.63) is 23.8 Å².